The molecule has 0 fully saturated rings. The lowest BCUT2D eigenvalue weighted by molar-refractivity contribution is -0.365. The lowest BCUT2D eigenvalue weighted by Gasteiger charge is -2.03. The molecule has 0 aliphatic rings. The lowest BCUT2D eigenvalue weighted by atomic mass is 10.1. The number of H-pyrrole nitrogens is 1. The van der Waals surface area contributed by atoms with E-state index >= 15 is 0 Å². The number of carbonyl (C=O) groups excluding carboxylic acids is 1. The van der Waals surface area contributed by atoms with E-state index in [2.05, 4.69) is 34.3 Å². The number of carbonyl (C=O) groups is 1. The quantitative estimate of drug-likeness (QED) is 0.535. The van der Waals surface area contributed by atoms with Crippen molar-refractivity contribution in [2.45, 2.75) is 19.8 Å². The molecule has 0 saturated carbocycles. The summed E-state index contributed by atoms with van der Waals surface area (Å²) in [5.41, 5.74) is 4.89. The zero-order valence-electron chi connectivity index (χ0n) is 15.0. The van der Waals surface area contributed by atoms with Gasteiger partial charge in [-0.1, -0.05) is 36.8 Å². The molecule has 0 bridgehead atoms. The van der Waals surface area contributed by atoms with E-state index in [-0.39, 0.29) is 5.91 Å². The number of pyridine rings is 1. The topological polar surface area (TPSA) is 56.1 Å². The minimum atomic E-state index is -0.150. The van der Waals surface area contributed by atoms with Crippen molar-refractivity contribution in [3.63, 3.8) is 0 Å². The van der Waals surface area contributed by atoms with Crippen molar-refractivity contribution in [3.05, 3.63) is 78.0 Å². The fraction of sp³-hybridized carbons (Fsp3) is 0.136. The highest BCUT2D eigenvalue weighted by atomic mass is 32.1. The van der Waals surface area contributed by atoms with Gasteiger partial charge in [-0.3, -0.25) is 10.1 Å². The lowest BCUT2D eigenvalue weighted by Crippen LogP contribution is -2.12. The predicted molar refractivity (Wildman–Crippen MR) is 110 cm³/mol. The average molecular weight is 374 g/mol. The third-order valence-electron chi connectivity index (χ3n) is 4.39. The molecule has 0 aliphatic heterocycles. The Bertz CT molecular complexity index is 1040. The summed E-state index contributed by atoms with van der Waals surface area (Å²) in [6.07, 6.45) is 4.25. The van der Waals surface area contributed by atoms with E-state index in [9.17, 15) is 4.79 Å². The van der Waals surface area contributed by atoms with Crippen molar-refractivity contribution >= 4 is 32.6 Å². The Kier molecular flexibility index (Phi) is 4.94. The molecule has 0 radical (unpaired) electrons. The van der Waals surface area contributed by atoms with Crippen molar-refractivity contribution in [2.75, 3.05) is 5.32 Å². The smallest absolute Gasteiger partial charge is 0.257 e. The van der Waals surface area contributed by atoms with Gasteiger partial charge in [0.25, 0.3) is 5.91 Å². The molecule has 2 N–H and O–H groups in total. The van der Waals surface area contributed by atoms with Gasteiger partial charge in [0.2, 0.25) is 5.69 Å². The van der Waals surface area contributed by atoms with Crippen molar-refractivity contribution < 1.29 is 9.78 Å². The van der Waals surface area contributed by atoms with Crippen LogP contribution in [-0.2, 0) is 6.42 Å². The van der Waals surface area contributed by atoms with Crippen molar-refractivity contribution in [1.29, 1.82) is 0 Å². The van der Waals surface area contributed by atoms with Crippen molar-refractivity contribution in [1.82, 2.24) is 4.98 Å². The number of aryl methyl sites for hydroxylation is 1. The molecular formula is C22H20N3OS+. The molecule has 2 aromatic carbocycles. The van der Waals surface area contributed by atoms with Crippen LogP contribution in [0.4, 0.5) is 5.13 Å². The monoisotopic (exact) mass is 374 g/mol. The van der Waals surface area contributed by atoms with Gasteiger partial charge in [0.15, 0.2) is 11.3 Å². The van der Waals surface area contributed by atoms with Crippen LogP contribution >= 0.6 is 11.3 Å². The van der Waals surface area contributed by atoms with Crippen LogP contribution < -0.4 is 10.3 Å². The third kappa shape index (κ3) is 3.88. The van der Waals surface area contributed by atoms with E-state index in [0.29, 0.717) is 10.7 Å². The number of thiazole rings is 1. The summed E-state index contributed by atoms with van der Waals surface area (Å²) < 4.78 is 1.06. The fourth-order valence-electron chi connectivity index (χ4n) is 2.98. The summed E-state index contributed by atoms with van der Waals surface area (Å²) in [6, 6.07) is 19.7. The van der Waals surface area contributed by atoms with Crippen LogP contribution in [0.2, 0.25) is 0 Å². The van der Waals surface area contributed by atoms with Crippen LogP contribution in [0.3, 0.4) is 0 Å². The Hall–Kier alpha value is -3.05. The number of nitrogens with one attached hydrogen (secondary N) is 2. The predicted octanol–water partition coefficient (Wildman–Crippen LogP) is 4.98. The zero-order valence-corrected chi connectivity index (χ0v) is 15.8. The van der Waals surface area contributed by atoms with E-state index in [1.807, 2.05) is 54.7 Å². The number of aromatic nitrogens is 2. The molecule has 0 saturated heterocycles. The minimum absolute atomic E-state index is 0.150. The normalized spacial score (nSPS) is 10.9. The van der Waals surface area contributed by atoms with Gasteiger partial charge >= 0.3 is 0 Å². The second-order valence-electron chi connectivity index (χ2n) is 6.38. The summed E-state index contributed by atoms with van der Waals surface area (Å²) in [4.78, 5) is 20.3. The molecule has 27 heavy (non-hydrogen) atoms. The Morgan fingerprint density at radius 2 is 1.89 bits per heavy atom. The molecule has 5 heteroatoms. The first-order valence-electron chi connectivity index (χ1n) is 9.01. The van der Waals surface area contributed by atoms with E-state index in [1.54, 1.807) is 0 Å². The van der Waals surface area contributed by atoms with Gasteiger partial charge in [-0.2, -0.15) is 0 Å². The number of para-hydroxylation sites is 1. The molecule has 4 rings (SSSR count). The molecule has 0 atom stereocenters. The van der Waals surface area contributed by atoms with E-state index < -0.39 is 0 Å². The van der Waals surface area contributed by atoms with Crippen molar-refractivity contribution in [2.24, 2.45) is 0 Å². The molecule has 0 aliphatic carbocycles. The molecule has 2 aromatic heterocycles. The Labute approximate surface area is 161 Å². The van der Waals surface area contributed by atoms with Crippen LogP contribution in [0.5, 0.6) is 0 Å². The van der Waals surface area contributed by atoms with Gasteiger partial charge in [0.05, 0.1) is 10.2 Å². The second kappa shape index (κ2) is 7.68. The maximum absolute atomic E-state index is 12.5. The Morgan fingerprint density at radius 3 is 2.59 bits per heavy atom. The summed E-state index contributed by atoms with van der Waals surface area (Å²) in [7, 11) is 0. The Balaban J connectivity index is 1.48. The van der Waals surface area contributed by atoms with Crippen LogP contribution in [0.1, 0.15) is 29.3 Å². The first-order chi connectivity index (χ1) is 13.2. The molecule has 0 unspecified atom stereocenters. The molecule has 134 valence electrons. The van der Waals surface area contributed by atoms with Crippen molar-refractivity contribution in [3.8, 4) is 11.3 Å². The highest BCUT2D eigenvalue weighted by Crippen LogP contribution is 2.26. The summed E-state index contributed by atoms with van der Waals surface area (Å²) in [5, 5.41) is 3.50. The fourth-order valence-corrected chi connectivity index (χ4v) is 3.84. The van der Waals surface area contributed by atoms with Gasteiger partial charge < -0.3 is 0 Å². The number of anilines is 1. The average Bonchev–Trinajstić information content (AvgIpc) is 3.11. The maximum Gasteiger partial charge on any atom is 0.257 e. The highest BCUT2D eigenvalue weighted by Gasteiger charge is 2.11. The first-order valence-corrected chi connectivity index (χ1v) is 9.82. The summed E-state index contributed by atoms with van der Waals surface area (Å²) >= 11 is 1.48. The second-order valence-corrected chi connectivity index (χ2v) is 7.41. The molecule has 1 amide bonds. The first kappa shape index (κ1) is 17.4. The highest BCUT2D eigenvalue weighted by molar-refractivity contribution is 7.22. The number of aromatic amines is 1. The van der Waals surface area contributed by atoms with E-state index in [0.717, 1.165) is 34.3 Å². The van der Waals surface area contributed by atoms with Crippen LogP contribution in [0, 0.1) is 0 Å². The van der Waals surface area contributed by atoms with Crippen LogP contribution in [-0.4, -0.2) is 10.9 Å². The number of hydrogen-bond donors (Lipinski definition) is 1. The van der Waals surface area contributed by atoms with E-state index in [4.69, 9.17) is 0 Å². The molecule has 4 nitrogen and oxygen atoms in total. The molecule has 4 aromatic rings. The number of amides is 1. The van der Waals surface area contributed by atoms with Gasteiger partial charge in [0.1, 0.15) is 0 Å². The number of hydrogen-bond acceptors (Lipinski definition) is 3. The maximum atomic E-state index is 12.5. The number of rotatable bonds is 5. The van der Waals surface area contributed by atoms with Crippen LogP contribution in [0.15, 0.2) is 66.9 Å². The zero-order chi connectivity index (χ0) is 18.6. The number of nitrogens with zero attached hydrogens (tertiary/aromatic N) is 1. The summed E-state index contributed by atoms with van der Waals surface area (Å²) in [5.74, 6) is -0.150. The Morgan fingerprint density at radius 1 is 1.07 bits per heavy atom. The minimum Gasteiger partial charge on any atom is -0.298 e. The number of benzene rings is 2. The SMILES string of the molecule is CCCc1ccc(-c2ccc(C(=O)Nc3nc4ccccc4s3)cc2)[nH+]c1. The molecule has 2 heterocycles. The summed E-state index contributed by atoms with van der Waals surface area (Å²) in [6.45, 7) is 2.17. The van der Waals surface area contributed by atoms with Gasteiger partial charge in [-0.15, -0.1) is 0 Å². The van der Waals surface area contributed by atoms with Gasteiger partial charge in [-0.05, 0) is 48.9 Å². The largest absolute Gasteiger partial charge is 0.298 e. The van der Waals surface area contributed by atoms with Crippen LogP contribution in [0.25, 0.3) is 21.5 Å². The molecule has 0 spiro atoms. The van der Waals surface area contributed by atoms with Gasteiger partial charge in [-0.25, -0.2) is 9.97 Å². The molecular weight excluding hydrogens is 354 g/mol. The number of fused-ring (bicyclic) bond motifs is 1. The third-order valence-corrected chi connectivity index (χ3v) is 5.34. The standard InChI is InChI=1S/C22H19N3OS/c1-2-5-15-8-13-18(23-14-15)16-9-11-17(12-10-16)21(26)25-22-24-19-6-3-4-7-20(19)27-22/h3-4,6-14H,2,5H2,1H3,(H,24,25,26)/p+1. The van der Waals surface area contributed by atoms with E-state index in [1.165, 1.54) is 16.9 Å². The van der Waals surface area contributed by atoms with Gasteiger partial charge in [0, 0.05) is 22.8 Å².